The molecule has 4 rings (SSSR count). The van der Waals surface area contributed by atoms with Gasteiger partial charge in [-0.2, -0.15) is 12.7 Å². The largest absolute Gasteiger partial charge is 0.308 e. The summed E-state index contributed by atoms with van der Waals surface area (Å²) in [6, 6.07) is 12.7. The summed E-state index contributed by atoms with van der Waals surface area (Å²) in [7, 11) is -0.701. The minimum atomic E-state index is -3.62. The van der Waals surface area contributed by atoms with Crippen molar-refractivity contribution in [2.75, 3.05) is 35.2 Å². The van der Waals surface area contributed by atoms with Crippen LogP contribution in [0.3, 0.4) is 0 Å². The average molecular weight is 457 g/mol. The van der Waals surface area contributed by atoms with Crippen molar-refractivity contribution in [3.05, 3.63) is 42.5 Å². The van der Waals surface area contributed by atoms with E-state index in [-0.39, 0.29) is 23.8 Å². The first kappa shape index (κ1) is 22.3. The lowest BCUT2D eigenvalue weighted by Gasteiger charge is -2.41. The molecule has 32 heavy (non-hydrogen) atoms. The van der Waals surface area contributed by atoms with Gasteiger partial charge in [0.1, 0.15) is 0 Å². The number of nitrogens with zero attached hydrogens (tertiary/aromatic N) is 3. The maximum absolute atomic E-state index is 13.0. The van der Waals surface area contributed by atoms with Crippen molar-refractivity contribution in [1.82, 2.24) is 4.31 Å². The molecule has 0 radical (unpaired) electrons. The van der Waals surface area contributed by atoms with E-state index >= 15 is 0 Å². The number of benzene rings is 2. The van der Waals surface area contributed by atoms with Crippen LogP contribution >= 0.6 is 0 Å². The van der Waals surface area contributed by atoms with Gasteiger partial charge in [-0.3, -0.25) is 14.3 Å². The van der Waals surface area contributed by atoms with Gasteiger partial charge in [-0.1, -0.05) is 18.2 Å². The van der Waals surface area contributed by atoms with E-state index in [1.54, 1.807) is 28.0 Å². The van der Waals surface area contributed by atoms with Crippen LogP contribution in [0.15, 0.2) is 42.5 Å². The van der Waals surface area contributed by atoms with E-state index in [1.807, 2.05) is 31.2 Å². The molecule has 0 saturated heterocycles. The molecule has 1 saturated carbocycles. The molecule has 1 fully saturated rings. The van der Waals surface area contributed by atoms with Crippen molar-refractivity contribution in [3.8, 4) is 11.1 Å². The van der Waals surface area contributed by atoms with E-state index in [9.17, 15) is 18.0 Å². The van der Waals surface area contributed by atoms with Crippen LogP contribution in [0.25, 0.3) is 11.1 Å². The molecule has 2 aromatic rings. The van der Waals surface area contributed by atoms with E-state index in [0.717, 1.165) is 34.0 Å². The molecule has 2 amide bonds. The quantitative estimate of drug-likeness (QED) is 0.749. The minimum absolute atomic E-state index is 0.0614. The molecule has 1 aliphatic heterocycles. The van der Waals surface area contributed by atoms with E-state index in [2.05, 4.69) is 4.72 Å². The van der Waals surface area contributed by atoms with Crippen LogP contribution in [0.2, 0.25) is 0 Å². The van der Waals surface area contributed by atoms with Crippen LogP contribution in [-0.2, 0) is 19.8 Å². The van der Waals surface area contributed by atoms with Crippen molar-refractivity contribution >= 4 is 39.1 Å². The van der Waals surface area contributed by atoms with E-state index in [0.29, 0.717) is 17.9 Å². The number of hydrogen-bond donors (Lipinski definition) is 1. The Labute approximate surface area is 189 Å². The molecule has 1 atom stereocenters. The summed E-state index contributed by atoms with van der Waals surface area (Å²) in [5.41, 5.74) is 3.52. The predicted molar refractivity (Wildman–Crippen MR) is 126 cm³/mol. The first-order valence-electron chi connectivity index (χ1n) is 10.6. The molecule has 2 aromatic carbocycles. The number of carbonyl (C=O) groups is 2. The highest BCUT2D eigenvalue weighted by Crippen LogP contribution is 2.42. The lowest BCUT2D eigenvalue weighted by Crippen LogP contribution is -2.51. The maximum atomic E-state index is 13.0. The second-order valence-corrected chi connectivity index (χ2v) is 10.5. The summed E-state index contributed by atoms with van der Waals surface area (Å²) in [5.74, 6) is 0.0995. The van der Waals surface area contributed by atoms with Crippen molar-refractivity contribution in [1.29, 1.82) is 0 Å². The number of anilines is 3. The lowest BCUT2D eigenvalue weighted by molar-refractivity contribution is -0.120. The fourth-order valence-corrected chi connectivity index (χ4v) is 4.65. The maximum Gasteiger partial charge on any atom is 0.301 e. The second kappa shape index (κ2) is 8.22. The number of amides is 2. The molecule has 8 nitrogen and oxygen atoms in total. The van der Waals surface area contributed by atoms with Crippen molar-refractivity contribution in [2.24, 2.45) is 5.92 Å². The molecule has 170 valence electrons. The zero-order valence-corrected chi connectivity index (χ0v) is 19.5. The SMILES string of the molecule is CC(=O)N1c2ccc(-c3cccc(NS(=O)(=O)N(C)C)c3)cc2N(C(=O)C2CC2)CC1C. The van der Waals surface area contributed by atoms with E-state index in [1.165, 1.54) is 21.0 Å². The minimum Gasteiger partial charge on any atom is -0.308 e. The Morgan fingerprint density at radius 3 is 2.34 bits per heavy atom. The lowest BCUT2D eigenvalue weighted by atomic mass is 10.00. The summed E-state index contributed by atoms with van der Waals surface area (Å²) in [5, 5.41) is 0. The van der Waals surface area contributed by atoms with Gasteiger partial charge >= 0.3 is 10.2 Å². The molecule has 2 aliphatic rings. The second-order valence-electron chi connectivity index (χ2n) is 8.63. The van der Waals surface area contributed by atoms with Crippen molar-refractivity contribution in [2.45, 2.75) is 32.7 Å². The van der Waals surface area contributed by atoms with Gasteiger partial charge in [0.15, 0.2) is 0 Å². The molecule has 1 N–H and O–H groups in total. The fourth-order valence-electron chi connectivity index (χ4n) is 4.05. The zero-order chi connectivity index (χ0) is 23.2. The Morgan fingerprint density at radius 2 is 1.72 bits per heavy atom. The predicted octanol–water partition coefficient (Wildman–Crippen LogP) is 3.07. The fraction of sp³-hybridized carbons (Fsp3) is 0.391. The molecule has 1 aliphatic carbocycles. The highest BCUT2D eigenvalue weighted by Gasteiger charge is 2.39. The van der Waals surface area contributed by atoms with Gasteiger partial charge < -0.3 is 9.80 Å². The Balaban J connectivity index is 1.75. The Hall–Kier alpha value is -2.91. The standard InChI is InChI=1S/C23H28N4O4S/c1-15-14-26(23(29)17-8-9-17)22-13-19(10-11-21(22)27(15)16(2)28)18-6-5-7-20(12-18)24-32(30,31)25(3)4/h5-7,10-13,15,17,24H,8-9,14H2,1-4H3. The van der Waals surface area contributed by atoms with Crippen molar-refractivity contribution in [3.63, 3.8) is 0 Å². The summed E-state index contributed by atoms with van der Waals surface area (Å²) in [6.07, 6.45) is 1.81. The highest BCUT2D eigenvalue weighted by molar-refractivity contribution is 7.90. The van der Waals surface area contributed by atoms with Crippen LogP contribution in [-0.4, -0.2) is 51.2 Å². The van der Waals surface area contributed by atoms with E-state index < -0.39 is 10.2 Å². The summed E-state index contributed by atoms with van der Waals surface area (Å²) >= 11 is 0. The van der Waals surface area contributed by atoms with Crippen LogP contribution in [0.4, 0.5) is 17.1 Å². The molecule has 0 bridgehead atoms. The van der Waals surface area contributed by atoms with Crippen LogP contribution in [0, 0.1) is 5.92 Å². The summed E-state index contributed by atoms with van der Waals surface area (Å²) in [6.45, 7) is 3.94. The van der Waals surface area contributed by atoms with Crippen LogP contribution < -0.4 is 14.5 Å². The highest BCUT2D eigenvalue weighted by atomic mass is 32.2. The average Bonchev–Trinajstić information content (AvgIpc) is 3.57. The number of fused-ring (bicyclic) bond motifs is 1. The van der Waals surface area contributed by atoms with Crippen LogP contribution in [0.5, 0.6) is 0 Å². The molecule has 1 heterocycles. The molecule has 1 unspecified atom stereocenters. The summed E-state index contributed by atoms with van der Waals surface area (Å²) in [4.78, 5) is 28.9. The summed E-state index contributed by atoms with van der Waals surface area (Å²) < 4.78 is 28.0. The molecular weight excluding hydrogens is 428 g/mol. The first-order chi connectivity index (χ1) is 15.1. The van der Waals surface area contributed by atoms with Crippen molar-refractivity contribution < 1.29 is 18.0 Å². The Kier molecular flexibility index (Phi) is 5.72. The smallest absolute Gasteiger partial charge is 0.301 e. The Bertz CT molecular complexity index is 1170. The monoisotopic (exact) mass is 456 g/mol. The third-order valence-corrected chi connectivity index (χ3v) is 7.32. The zero-order valence-electron chi connectivity index (χ0n) is 18.7. The number of carbonyl (C=O) groups excluding carboxylic acids is 2. The third-order valence-electron chi connectivity index (χ3n) is 5.87. The van der Waals surface area contributed by atoms with Gasteiger partial charge in [0.05, 0.1) is 23.1 Å². The van der Waals surface area contributed by atoms with Gasteiger partial charge in [-0.05, 0) is 55.2 Å². The van der Waals surface area contributed by atoms with Gasteiger partial charge in [-0.25, -0.2) is 0 Å². The van der Waals surface area contributed by atoms with E-state index in [4.69, 9.17) is 0 Å². The van der Waals surface area contributed by atoms with Gasteiger partial charge in [-0.15, -0.1) is 0 Å². The van der Waals surface area contributed by atoms with Crippen LogP contribution in [0.1, 0.15) is 26.7 Å². The molecule has 0 spiro atoms. The number of hydrogen-bond acceptors (Lipinski definition) is 4. The normalized spacial score (nSPS) is 18.5. The van der Waals surface area contributed by atoms with Gasteiger partial charge in [0.25, 0.3) is 0 Å². The van der Waals surface area contributed by atoms with Gasteiger partial charge in [0, 0.05) is 33.5 Å². The topological polar surface area (TPSA) is 90.0 Å². The first-order valence-corrected chi connectivity index (χ1v) is 12.1. The Morgan fingerprint density at radius 1 is 1.03 bits per heavy atom. The number of rotatable bonds is 5. The van der Waals surface area contributed by atoms with Gasteiger partial charge in [0.2, 0.25) is 11.8 Å². The molecule has 9 heteroatoms. The number of nitrogens with one attached hydrogen (secondary N) is 1. The third kappa shape index (κ3) is 4.22. The molecular formula is C23H28N4O4S. The molecule has 0 aromatic heterocycles.